The number of halogens is 2. The molecule has 0 radical (unpaired) electrons. The van der Waals surface area contributed by atoms with Gasteiger partial charge in [-0.3, -0.25) is 9.78 Å². The topological polar surface area (TPSA) is 157 Å². The van der Waals surface area contributed by atoms with Gasteiger partial charge in [0, 0.05) is 38.5 Å². The van der Waals surface area contributed by atoms with Crippen molar-refractivity contribution in [3.63, 3.8) is 0 Å². The van der Waals surface area contributed by atoms with Crippen molar-refractivity contribution in [3.8, 4) is 16.9 Å². The molecule has 242 valence electrons. The maximum absolute atomic E-state index is 16.1. The lowest BCUT2D eigenvalue weighted by Gasteiger charge is -2.41. The fraction of sp³-hybridized carbons (Fsp3) is 0.375. The molecule has 2 amide bonds. The second-order valence-electron chi connectivity index (χ2n) is 12.1. The number of aliphatic hydroxyl groups is 1. The summed E-state index contributed by atoms with van der Waals surface area (Å²) in [5.74, 6) is -2.77. The molecular formula is C32H35F2N7O5. The number of hydrogen-bond donors (Lipinski definition) is 2. The first-order chi connectivity index (χ1) is 21.8. The summed E-state index contributed by atoms with van der Waals surface area (Å²) in [5, 5.41) is 9.59. The molecule has 14 heteroatoms. The van der Waals surface area contributed by atoms with Crippen molar-refractivity contribution in [1.29, 1.82) is 0 Å². The van der Waals surface area contributed by atoms with E-state index in [4.69, 9.17) is 10.5 Å². The fourth-order valence-corrected chi connectivity index (χ4v) is 5.55. The van der Waals surface area contributed by atoms with Crippen LogP contribution < -0.4 is 16.3 Å². The second-order valence-corrected chi connectivity index (χ2v) is 12.1. The molecular weight excluding hydrogens is 600 g/mol. The van der Waals surface area contributed by atoms with E-state index in [1.54, 1.807) is 36.6 Å². The lowest BCUT2D eigenvalue weighted by molar-refractivity contribution is 0.0218. The van der Waals surface area contributed by atoms with Crippen LogP contribution in [0.5, 0.6) is 0 Å². The number of primary amides is 1. The van der Waals surface area contributed by atoms with Crippen LogP contribution in [0.25, 0.3) is 28.0 Å². The van der Waals surface area contributed by atoms with E-state index >= 15 is 8.78 Å². The van der Waals surface area contributed by atoms with E-state index in [0.717, 1.165) is 16.7 Å². The Hall–Kier alpha value is -4.98. The Labute approximate surface area is 263 Å². The van der Waals surface area contributed by atoms with Crippen molar-refractivity contribution in [2.45, 2.75) is 52.2 Å². The first-order valence-electron chi connectivity index (χ1n) is 14.8. The van der Waals surface area contributed by atoms with Gasteiger partial charge in [-0.1, -0.05) is 6.07 Å². The number of carbonyl (C=O) groups is 2. The molecule has 12 nitrogen and oxygen atoms in total. The van der Waals surface area contributed by atoms with Gasteiger partial charge in [-0.2, -0.15) is 4.98 Å². The molecule has 1 aromatic carbocycles. The summed E-state index contributed by atoms with van der Waals surface area (Å²) in [6.07, 6.45) is 3.25. The quantitative estimate of drug-likeness (QED) is 0.310. The lowest BCUT2D eigenvalue weighted by Crippen LogP contribution is -2.55. The third kappa shape index (κ3) is 6.38. The molecule has 3 N–H and O–H groups in total. The molecule has 1 aliphatic rings. The van der Waals surface area contributed by atoms with Gasteiger partial charge in [0.25, 0.3) is 0 Å². The van der Waals surface area contributed by atoms with E-state index in [0.29, 0.717) is 24.1 Å². The minimum Gasteiger partial charge on any atom is -0.444 e. The Kier molecular flexibility index (Phi) is 9.01. The van der Waals surface area contributed by atoms with E-state index < -0.39 is 46.2 Å². The number of nitrogens with two attached hydrogens (primary N) is 1. The number of aromatic nitrogens is 4. The number of amides is 2. The molecule has 1 atom stereocenters. The van der Waals surface area contributed by atoms with E-state index in [-0.39, 0.29) is 54.7 Å². The third-order valence-electron chi connectivity index (χ3n) is 7.60. The van der Waals surface area contributed by atoms with Crippen molar-refractivity contribution in [2.24, 2.45) is 5.73 Å². The monoisotopic (exact) mass is 635 g/mol. The number of rotatable bonds is 7. The summed E-state index contributed by atoms with van der Waals surface area (Å²) in [7, 11) is 0. The number of benzene rings is 1. The Morgan fingerprint density at radius 3 is 2.57 bits per heavy atom. The predicted molar refractivity (Wildman–Crippen MR) is 167 cm³/mol. The van der Waals surface area contributed by atoms with Crippen LogP contribution in [0, 0.1) is 11.6 Å². The highest BCUT2D eigenvalue weighted by Gasteiger charge is 2.33. The normalized spacial score (nSPS) is 15.3. The molecule has 1 aliphatic heterocycles. The van der Waals surface area contributed by atoms with Gasteiger partial charge in [0.05, 0.1) is 28.4 Å². The Morgan fingerprint density at radius 1 is 1.13 bits per heavy atom. The van der Waals surface area contributed by atoms with Gasteiger partial charge in [0.1, 0.15) is 22.9 Å². The maximum Gasteiger partial charge on any atom is 0.410 e. The van der Waals surface area contributed by atoms with Gasteiger partial charge in [0.2, 0.25) is 5.91 Å². The summed E-state index contributed by atoms with van der Waals surface area (Å²) >= 11 is 0. The molecule has 1 unspecified atom stereocenters. The number of fused-ring (bicyclic) bond motifs is 1. The summed E-state index contributed by atoms with van der Waals surface area (Å²) in [6.45, 7) is 7.77. The molecule has 4 aromatic rings. The number of nitrogens with zero attached hydrogens (tertiary/aromatic N) is 6. The molecule has 1 saturated heterocycles. The van der Waals surface area contributed by atoms with Crippen LogP contribution in [0.3, 0.4) is 0 Å². The maximum atomic E-state index is 16.1. The highest BCUT2D eigenvalue weighted by molar-refractivity contribution is 6.00. The standard InChI is InChI=1S/C32H35F2N7O5/c1-18-17-39(31(45)46-32(2,3)4)12-13-40(18)28-21-15-23(34)26(25-20(27(35)43)8-5-9-22(25)33)37-29(21)41(30(44)38-28)24-16-36-11-10-19(24)7-6-14-42/h5,8-11,15-16,18,42H,6-7,12-14,17H2,1-4H3,(H2,35,43). The smallest absolute Gasteiger partial charge is 0.410 e. The Morgan fingerprint density at radius 2 is 1.89 bits per heavy atom. The van der Waals surface area contributed by atoms with Gasteiger partial charge in [-0.15, -0.1) is 0 Å². The molecule has 0 bridgehead atoms. The molecule has 5 rings (SSSR count). The van der Waals surface area contributed by atoms with Gasteiger partial charge in [-0.05, 0) is 70.4 Å². The second kappa shape index (κ2) is 12.8. The SMILES string of the molecule is CC1CN(C(=O)OC(C)(C)C)CCN1c1nc(=O)n(-c2cnccc2CCCO)c2nc(-c3c(F)cccc3C(N)=O)c(F)cc12. The summed E-state index contributed by atoms with van der Waals surface area (Å²) < 4.78 is 38.0. The number of aryl methyl sites for hydroxylation is 1. The number of anilines is 1. The van der Waals surface area contributed by atoms with Crippen LogP contribution >= 0.6 is 0 Å². The van der Waals surface area contributed by atoms with Crippen molar-refractivity contribution in [2.75, 3.05) is 31.1 Å². The molecule has 4 heterocycles. The average Bonchev–Trinajstić information content (AvgIpc) is 2.99. The Balaban J connectivity index is 1.73. The van der Waals surface area contributed by atoms with Crippen LogP contribution in [-0.4, -0.2) is 79.4 Å². The van der Waals surface area contributed by atoms with E-state index in [2.05, 4.69) is 15.0 Å². The molecule has 1 fully saturated rings. The van der Waals surface area contributed by atoms with E-state index in [1.807, 2.05) is 6.92 Å². The van der Waals surface area contributed by atoms with Crippen molar-refractivity contribution in [1.82, 2.24) is 24.4 Å². The summed E-state index contributed by atoms with van der Waals surface area (Å²) in [6, 6.07) is 6.00. The van der Waals surface area contributed by atoms with Crippen LogP contribution in [0.15, 0.2) is 47.5 Å². The summed E-state index contributed by atoms with van der Waals surface area (Å²) in [4.78, 5) is 55.3. The van der Waals surface area contributed by atoms with Gasteiger partial charge in [0.15, 0.2) is 11.5 Å². The van der Waals surface area contributed by atoms with Crippen LogP contribution in [-0.2, 0) is 11.2 Å². The van der Waals surface area contributed by atoms with Crippen molar-refractivity contribution < 1.29 is 28.2 Å². The zero-order valence-corrected chi connectivity index (χ0v) is 26.0. The fourth-order valence-electron chi connectivity index (χ4n) is 5.55. The van der Waals surface area contributed by atoms with Crippen LogP contribution in [0.2, 0.25) is 0 Å². The minimum absolute atomic E-state index is 0.0647. The number of ether oxygens (including phenoxy) is 1. The van der Waals surface area contributed by atoms with E-state index in [9.17, 15) is 19.5 Å². The van der Waals surface area contributed by atoms with Crippen LogP contribution in [0.4, 0.5) is 19.4 Å². The van der Waals surface area contributed by atoms with E-state index in [1.165, 1.54) is 24.5 Å². The zero-order chi connectivity index (χ0) is 33.3. The van der Waals surface area contributed by atoms with Gasteiger partial charge in [-0.25, -0.2) is 27.9 Å². The summed E-state index contributed by atoms with van der Waals surface area (Å²) in [5.41, 5.74) is 3.66. The molecule has 3 aromatic heterocycles. The number of pyridine rings is 2. The number of carbonyl (C=O) groups excluding carboxylic acids is 2. The molecule has 0 spiro atoms. The largest absolute Gasteiger partial charge is 0.444 e. The van der Waals surface area contributed by atoms with Gasteiger partial charge >= 0.3 is 11.8 Å². The third-order valence-corrected chi connectivity index (χ3v) is 7.60. The number of hydrogen-bond acceptors (Lipinski definition) is 9. The lowest BCUT2D eigenvalue weighted by atomic mass is 10.0. The number of aliphatic hydroxyl groups excluding tert-OH is 1. The van der Waals surface area contributed by atoms with Gasteiger partial charge < -0.3 is 25.4 Å². The average molecular weight is 636 g/mol. The predicted octanol–water partition coefficient (Wildman–Crippen LogP) is 3.59. The first kappa shape index (κ1) is 32.4. The highest BCUT2D eigenvalue weighted by atomic mass is 19.1. The molecule has 46 heavy (non-hydrogen) atoms. The molecule has 0 aliphatic carbocycles. The Bertz CT molecular complexity index is 1870. The highest BCUT2D eigenvalue weighted by Crippen LogP contribution is 2.34. The minimum atomic E-state index is -0.987. The van der Waals surface area contributed by atoms with Crippen molar-refractivity contribution in [3.05, 3.63) is 76.0 Å². The number of piperazine rings is 1. The van der Waals surface area contributed by atoms with Crippen molar-refractivity contribution >= 4 is 28.9 Å². The first-order valence-corrected chi connectivity index (χ1v) is 14.8. The van der Waals surface area contributed by atoms with Crippen LogP contribution in [0.1, 0.15) is 50.0 Å². The zero-order valence-electron chi connectivity index (χ0n) is 26.0. The molecule has 0 saturated carbocycles.